The van der Waals surface area contributed by atoms with Crippen LogP contribution in [0.1, 0.15) is 24.0 Å². The molecule has 1 fully saturated rings. The topological polar surface area (TPSA) is 48.9 Å². The van der Waals surface area contributed by atoms with Gasteiger partial charge in [0.1, 0.15) is 0 Å². The summed E-state index contributed by atoms with van der Waals surface area (Å²) in [6, 6.07) is 8.66. The molecule has 0 atom stereocenters. The van der Waals surface area contributed by atoms with Gasteiger partial charge in [-0.3, -0.25) is 9.89 Å². The number of guanidine groups is 1. The van der Waals surface area contributed by atoms with Crippen LogP contribution in [-0.4, -0.2) is 62.8 Å². The van der Waals surface area contributed by atoms with Gasteiger partial charge in [-0.1, -0.05) is 24.3 Å². The van der Waals surface area contributed by atoms with Crippen molar-refractivity contribution in [1.29, 1.82) is 0 Å². The van der Waals surface area contributed by atoms with Crippen molar-refractivity contribution in [3.05, 3.63) is 35.4 Å². The molecule has 1 aliphatic rings. The van der Waals surface area contributed by atoms with Crippen molar-refractivity contribution in [1.82, 2.24) is 15.5 Å². The van der Waals surface area contributed by atoms with Crippen molar-refractivity contribution in [2.75, 3.05) is 51.9 Å². The van der Waals surface area contributed by atoms with E-state index in [2.05, 4.69) is 51.0 Å². The molecule has 0 aliphatic carbocycles. The molecule has 0 saturated carbocycles. The van der Waals surface area contributed by atoms with Crippen LogP contribution in [0.4, 0.5) is 0 Å². The average molecular weight is 365 g/mol. The summed E-state index contributed by atoms with van der Waals surface area (Å²) in [5.74, 6) is 2.10. The van der Waals surface area contributed by atoms with E-state index in [9.17, 15) is 0 Å². The van der Waals surface area contributed by atoms with Gasteiger partial charge in [-0.05, 0) is 36.0 Å². The molecule has 0 unspecified atom stereocenters. The number of benzene rings is 1. The van der Waals surface area contributed by atoms with Crippen molar-refractivity contribution in [2.24, 2.45) is 4.99 Å². The highest BCUT2D eigenvalue weighted by atomic mass is 32.2. The Hall–Kier alpha value is -1.24. The summed E-state index contributed by atoms with van der Waals surface area (Å²) in [6.45, 7) is 6.46. The fourth-order valence-electron chi connectivity index (χ4n) is 2.86. The second-order valence-electron chi connectivity index (χ2n) is 6.21. The van der Waals surface area contributed by atoms with E-state index >= 15 is 0 Å². The Balaban J connectivity index is 1.80. The molecule has 0 amide bonds. The summed E-state index contributed by atoms with van der Waals surface area (Å²) in [6.07, 6.45) is 4.57. The third-order valence-corrected chi connectivity index (χ3v) is 5.05. The van der Waals surface area contributed by atoms with E-state index in [1.165, 1.54) is 29.7 Å². The number of thioether (sulfide) groups is 1. The van der Waals surface area contributed by atoms with Crippen LogP contribution < -0.4 is 10.6 Å². The third kappa shape index (κ3) is 7.67. The van der Waals surface area contributed by atoms with Gasteiger partial charge in [-0.25, -0.2) is 0 Å². The van der Waals surface area contributed by atoms with Gasteiger partial charge in [-0.15, -0.1) is 0 Å². The van der Waals surface area contributed by atoms with Crippen LogP contribution in [0.2, 0.25) is 0 Å². The van der Waals surface area contributed by atoms with Gasteiger partial charge in [0.25, 0.3) is 0 Å². The summed E-state index contributed by atoms with van der Waals surface area (Å²) in [4.78, 5) is 6.79. The Morgan fingerprint density at radius 2 is 1.92 bits per heavy atom. The zero-order valence-corrected chi connectivity index (χ0v) is 16.4. The van der Waals surface area contributed by atoms with Crippen molar-refractivity contribution in [2.45, 2.75) is 25.9 Å². The lowest BCUT2D eigenvalue weighted by Crippen LogP contribution is -2.38. The normalized spacial score (nSPS) is 16.0. The van der Waals surface area contributed by atoms with Crippen LogP contribution >= 0.6 is 11.8 Å². The molecule has 2 N–H and O–H groups in total. The van der Waals surface area contributed by atoms with Gasteiger partial charge in [-0.2, -0.15) is 11.8 Å². The van der Waals surface area contributed by atoms with Crippen molar-refractivity contribution < 1.29 is 4.74 Å². The minimum absolute atomic E-state index is 0.797. The zero-order valence-electron chi connectivity index (χ0n) is 15.6. The summed E-state index contributed by atoms with van der Waals surface area (Å²) >= 11 is 1.90. The number of morpholine rings is 1. The third-order valence-electron chi connectivity index (χ3n) is 4.35. The Bertz CT molecular complexity index is 518. The van der Waals surface area contributed by atoms with Crippen LogP contribution in [-0.2, 0) is 17.8 Å². The number of unbranched alkanes of at least 4 members (excludes halogenated alkanes) is 1. The van der Waals surface area contributed by atoms with E-state index in [1.807, 2.05) is 18.8 Å². The average Bonchev–Trinajstić information content (AvgIpc) is 2.66. The first-order valence-electron chi connectivity index (χ1n) is 9.14. The van der Waals surface area contributed by atoms with Gasteiger partial charge in [0.05, 0.1) is 13.2 Å². The highest BCUT2D eigenvalue weighted by molar-refractivity contribution is 7.98. The highest BCUT2D eigenvalue weighted by Gasteiger charge is 2.12. The standard InChI is InChI=1S/C19H32N4OS/c1-20-19(21-9-5-6-14-25-2)22-15-17-7-3-4-8-18(17)16-23-10-12-24-13-11-23/h3-4,7-8H,5-6,9-16H2,1-2H3,(H2,20,21,22). The summed E-state index contributed by atoms with van der Waals surface area (Å²) in [5.41, 5.74) is 2.71. The SMILES string of the molecule is CN=C(NCCCCSC)NCc1ccccc1CN1CCOCC1. The van der Waals surface area contributed by atoms with E-state index in [-0.39, 0.29) is 0 Å². The minimum atomic E-state index is 0.797. The predicted octanol–water partition coefficient (Wildman–Crippen LogP) is 2.33. The Morgan fingerprint density at radius 1 is 1.16 bits per heavy atom. The van der Waals surface area contributed by atoms with E-state index in [0.717, 1.165) is 51.9 Å². The lowest BCUT2D eigenvalue weighted by atomic mass is 10.1. The van der Waals surface area contributed by atoms with Gasteiger partial charge in [0, 0.05) is 39.8 Å². The Morgan fingerprint density at radius 3 is 2.64 bits per heavy atom. The number of aliphatic imine (C=N–C) groups is 1. The molecule has 5 nitrogen and oxygen atoms in total. The molecule has 1 saturated heterocycles. The molecule has 2 rings (SSSR count). The zero-order chi connectivity index (χ0) is 17.7. The first kappa shape index (κ1) is 20.1. The van der Waals surface area contributed by atoms with Crippen LogP contribution in [0, 0.1) is 0 Å². The number of rotatable bonds is 9. The molecule has 0 aromatic heterocycles. The lowest BCUT2D eigenvalue weighted by Gasteiger charge is -2.27. The van der Waals surface area contributed by atoms with Crippen molar-refractivity contribution >= 4 is 17.7 Å². The second-order valence-corrected chi connectivity index (χ2v) is 7.20. The number of nitrogens with zero attached hydrogens (tertiary/aromatic N) is 2. The van der Waals surface area contributed by atoms with Crippen LogP contribution in [0.5, 0.6) is 0 Å². The second kappa shape index (κ2) is 12.2. The van der Waals surface area contributed by atoms with Crippen LogP contribution in [0.3, 0.4) is 0 Å². The maximum Gasteiger partial charge on any atom is 0.191 e. The maximum absolute atomic E-state index is 5.44. The van der Waals surface area contributed by atoms with Crippen molar-refractivity contribution in [3.8, 4) is 0 Å². The van der Waals surface area contributed by atoms with Gasteiger partial charge < -0.3 is 15.4 Å². The van der Waals surface area contributed by atoms with E-state index in [0.29, 0.717) is 0 Å². The molecular formula is C19H32N4OS. The number of hydrogen-bond acceptors (Lipinski definition) is 4. The number of nitrogens with one attached hydrogen (secondary N) is 2. The largest absolute Gasteiger partial charge is 0.379 e. The number of ether oxygens (including phenoxy) is 1. The molecule has 6 heteroatoms. The van der Waals surface area contributed by atoms with Gasteiger partial charge in [0.15, 0.2) is 5.96 Å². The quantitative estimate of drug-likeness (QED) is 0.400. The molecular weight excluding hydrogens is 332 g/mol. The summed E-state index contributed by atoms with van der Waals surface area (Å²) in [7, 11) is 1.83. The summed E-state index contributed by atoms with van der Waals surface area (Å²) in [5, 5.41) is 6.85. The lowest BCUT2D eigenvalue weighted by molar-refractivity contribution is 0.0341. The van der Waals surface area contributed by atoms with Crippen LogP contribution in [0.15, 0.2) is 29.3 Å². The molecule has 1 aromatic rings. The summed E-state index contributed by atoms with van der Waals surface area (Å²) < 4.78 is 5.44. The van der Waals surface area contributed by atoms with Crippen molar-refractivity contribution in [3.63, 3.8) is 0 Å². The molecule has 0 radical (unpaired) electrons. The predicted molar refractivity (Wildman–Crippen MR) is 108 cm³/mol. The first-order chi connectivity index (χ1) is 12.3. The molecule has 25 heavy (non-hydrogen) atoms. The fraction of sp³-hybridized carbons (Fsp3) is 0.632. The highest BCUT2D eigenvalue weighted by Crippen LogP contribution is 2.13. The molecule has 1 aliphatic heterocycles. The maximum atomic E-state index is 5.44. The Kier molecular flexibility index (Phi) is 9.77. The monoisotopic (exact) mass is 364 g/mol. The molecule has 140 valence electrons. The van der Waals surface area contributed by atoms with Gasteiger partial charge in [0.2, 0.25) is 0 Å². The van der Waals surface area contributed by atoms with E-state index in [4.69, 9.17) is 4.74 Å². The fourth-order valence-corrected chi connectivity index (χ4v) is 3.35. The van der Waals surface area contributed by atoms with Gasteiger partial charge >= 0.3 is 0 Å². The molecule has 1 heterocycles. The molecule has 1 aromatic carbocycles. The van der Waals surface area contributed by atoms with Crippen LogP contribution in [0.25, 0.3) is 0 Å². The number of hydrogen-bond donors (Lipinski definition) is 2. The molecule has 0 spiro atoms. The minimum Gasteiger partial charge on any atom is -0.379 e. The smallest absolute Gasteiger partial charge is 0.191 e. The van der Waals surface area contributed by atoms with E-state index in [1.54, 1.807) is 0 Å². The Labute approximate surface area is 156 Å². The first-order valence-corrected chi connectivity index (χ1v) is 10.5. The molecule has 0 bridgehead atoms. The van der Waals surface area contributed by atoms with E-state index < -0.39 is 0 Å².